The van der Waals surface area contributed by atoms with Gasteiger partial charge in [0, 0.05) is 23.5 Å². The van der Waals surface area contributed by atoms with Gasteiger partial charge in [0.2, 0.25) is 0 Å². The van der Waals surface area contributed by atoms with Crippen LogP contribution in [-0.2, 0) is 17.8 Å². The van der Waals surface area contributed by atoms with E-state index in [1.165, 1.54) is 18.2 Å². The highest BCUT2D eigenvalue weighted by Gasteiger charge is 2.18. The third kappa shape index (κ3) is 4.63. The summed E-state index contributed by atoms with van der Waals surface area (Å²) < 4.78 is 11.2. The molecule has 2 heterocycles. The maximum atomic E-state index is 12.6. The molecule has 1 amide bonds. The lowest BCUT2D eigenvalue weighted by Crippen LogP contribution is -2.30. The quantitative estimate of drug-likeness (QED) is 0.402. The molecule has 7 heteroatoms. The van der Waals surface area contributed by atoms with Crippen LogP contribution >= 0.6 is 11.6 Å². The van der Waals surface area contributed by atoms with Crippen molar-refractivity contribution in [2.75, 3.05) is 30.5 Å². The van der Waals surface area contributed by atoms with Gasteiger partial charge in [0.05, 0.1) is 12.8 Å². The molecular formula is C27H24ClN3O3. The fourth-order valence-corrected chi connectivity index (χ4v) is 4.37. The Balaban J connectivity index is 1.33. The van der Waals surface area contributed by atoms with Crippen molar-refractivity contribution < 1.29 is 14.3 Å². The van der Waals surface area contributed by atoms with Crippen molar-refractivity contribution in [1.82, 2.24) is 4.98 Å². The summed E-state index contributed by atoms with van der Waals surface area (Å²) in [5, 5.41) is 4.25. The van der Waals surface area contributed by atoms with Crippen molar-refractivity contribution >= 4 is 39.9 Å². The van der Waals surface area contributed by atoms with Crippen molar-refractivity contribution in [3.63, 3.8) is 0 Å². The van der Waals surface area contributed by atoms with Gasteiger partial charge in [0.15, 0.2) is 6.61 Å². The highest BCUT2D eigenvalue weighted by molar-refractivity contribution is 6.31. The van der Waals surface area contributed by atoms with E-state index in [1.54, 1.807) is 18.2 Å². The molecule has 34 heavy (non-hydrogen) atoms. The molecular weight excluding hydrogens is 450 g/mol. The van der Waals surface area contributed by atoms with E-state index in [4.69, 9.17) is 26.1 Å². The lowest BCUT2D eigenvalue weighted by atomic mass is 10.00. The van der Waals surface area contributed by atoms with Crippen molar-refractivity contribution in [3.8, 4) is 11.5 Å². The number of fused-ring (bicyclic) bond motifs is 2. The number of rotatable bonds is 6. The molecule has 1 aliphatic heterocycles. The summed E-state index contributed by atoms with van der Waals surface area (Å²) in [5.74, 6) is 1.66. The lowest BCUT2D eigenvalue weighted by molar-refractivity contribution is -0.118. The third-order valence-electron chi connectivity index (χ3n) is 5.92. The van der Waals surface area contributed by atoms with Gasteiger partial charge >= 0.3 is 0 Å². The largest absolute Gasteiger partial charge is 0.495 e. The van der Waals surface area contributed by atoms with E-state index in [0.717, 1.165) is 36.2 Å². The first kappa shape index (κ1) is 22.0. The maximum Gasteiger partial charge on any atom is 0.262 e. The summed E-state index contributed by atoms with van der Waals surface area (Å²) in [6.07, 6.45) is 0.987. The van der Waals surface area contributed by atoms with Crippen LogP contribution in [0, 0.1) is 0 Å². The smallest absolute Gasteiger partial charge is 0.262 e. The van der Waals surface area contributed by atoms with Crippen LogP contribution < -0.4 is 19.7 Å². The molecule has 4 aromatic rings. The second kappa shape index (κ2) is 9.61. The number of benzene rings is 3. The standard InChI is InChI=1S/C27H24ClN3O3/c1-33-23-11-10-21(28)15-22(23)29-26(32)17-34-24-8-4-7-19-9-12-25(30-27(19)24)31-14-13-18-5-2-3-6-20(18)16-31/h2-12,15H,13-14,16-17H2,1H3,(H,29,32). The summed E-state index contributed by atoms with van der Waals surface area (Å²) in [6.45, 7) is 1.56. The second-order valence-corrected chi connectivity index (χ2v) is 8.56. The zero-order chi connectivity index (χ0) is 23.5. The van der Waals surface area contributed by atoms with E-state index >= 15 is 0 Å². The number of amides is 1. The van der Waals surface area contributed by atoms with Crippen LogP contribution in [0.1, 0.15) is 11.1 Å². The summed E-state index contributed by atoms with van der Waals surface area (Å²) in [7, 11) is 1.54. The van der Waals surface area contributed by atoms with Gasteiger partial charge in [-0.15, -0.1) is 0 Å². The number of para-hydroxylation sites is 1. The summed E-state index contributed by atoms with van der Waals surface area (Å²) in [5.41, 5.74) is 3.94. The van der Waals surface area contributed by atoms with Crippen LogP contribution in [-0.4, -0.2) is 31.2 Å². The molecule has 0 aliphatic carbocycles. The average molecular weight is 474 g/mol. The summed E-state index contributed by atoms with van der Waals surface area (Å²) in [6, 6.07) is 23.4. The molecule has 1 aromatic heterocycles. The fraction of sp³-hybridized carbons (Fsp3) is 0.185. The minimum atomic E-state index is -0.318. The van der Waals surface area contributed by atoms with Gasteiger partial charge in [0.1, 0.15) is 22.8 Å². The van der Waals surface area contributed by atoms with Crippen LogP contribution in [0.5, 0.6) is 11.5 Å². The first-order valence-corrected chi connectivity index (χ1v) is 11.5. The topological polar surface area (TPSA) is 63.7 Å². The molecule has 3 aromatic carbocycles. The van der Waals surface area contributed by atoms with Gasteiger partial charge in [-0.25, -0.2) is 4.98 Å². The number of hydrogen-bond acceptors (Lipinski definition) is 5. The number of carbonyl (C=O) groups is 1. The molecule has 172 valence electrons. The Morgan fingerprint density at radius 3 is 2.74 bits per heavy atom. The Kier molecular flexibility index (Phi) is 6.23. The number of nitrogens with zero attached hydrogens (tertiary/aromatic N) is 2. The molecule has 0 bridgehead atoms. The predicted octanol–water partition coefficient (Wildman–Crippen LogP) is 5.48. The van der Waals surface area contributed by atoms with Gasteiger partial charge in [-0.1, -0.05) is 48.0 Å². The summed E-state index contributed by atoms with van der Waals surface area (Å²) >= 11 is 6.05. The molecule has 0 radical (unpaired) electrons. The predicted molar refractivity (Wildman–Crippen MR) is 135 cm³/mol. The number of anilines is 2. The maximum absolute atomic E-state index is 12.6. The van der Waals surface area contributed by atoms with Gasteiger partial charge in [-0.3, -0.25) is 4.79 Å². The van der Waals surface area contributed by atoms with Crippen LogP contribution in [0.4, 0.5) is 11.5 Å². The van der Waals surface area contributed by atoms with Crippen molar-refractivity contribution in [1.29, 1.82) is 0 Å². The normalized spacial score (nSPS) is 12.8. The summed E-state index contributed by atoms with van der Waals surface area (Å²) in [4.78, 5) is 19.7. The lowest BCUT2D eigenvalue weighted by Gasteiger charge is -2.30. The number of hydrogen-bond donors (Lipinski definition) is 1. The number of methoxy groups -OCH3 is 1. The zero-order valence-electron chi connectivity index (χ0n) is 18.8. The van der Waals surface area contributed by atoms with E-state index in [1.807, 2.05) is 30.3 Å². The van der Waals surface area contributed by atoms with Crippen LogP contribution in [0.2, 0.25) is 5.02 Å². The van der Waals surface area contributed by atoms with Crippen molar-refractivity contribution in [3.05, 3.63) is 88.9 Å². The van der Waals surface area contributed by atoms with Crippen LogP contribution in [0.15, 0.2) is 72.8 Å². The minimum absolute atomic E-state index is 0.169. The van der Waals surface area contributed by atoms with Gasteiger partial charge < -0.3 is 19.7 Å². The monoisotopic (exact) mass is 473 g/mol. The first-order chi connectivity index (χ1) is 16.6. The van der Waals surface area contributed by atoms with Crippen LogP contribution in [0.3, 0.4) is 0 Å². The van der Waals surface area contributed by atoms with E-state index in [0.29, 0.717) is 22.2 Å². The average Bonchev–Trinajstić information content (AvgIpc) is 2.87. The van der Waals surface area contributed by atoms with Crippen LogP contribution in [0.25, 0.3) is 10.9 Å². The molecule has 1 aliphatic rings. The van der Waals surface area contributed by atoms with Gasteiger partial charge in [-0.05, 0) is 53.9 Å². The van der Waals surface area contributed by atoms with Gasteiger partial charge in [-0.2, -0.15) is 0 Å². The Hall–Kier alpha value is -3.77. The molecule has 6 nitrogen and oxygen atoms in total. The molecule has 1 N–H and O–H groups in total. The molecule has 0 unspecified atom stereocenters. The number of ether oxygens (including phenoxy) is 2. The first-order valence-electron chi connectivity index (χ1n) is 11.1. The number of aromatic nitrogens is 1. The molecule has 5 rings (SSSR count). The highest BCUT2D eigenvalue weighted by Crippen LogP contribution is 2.30. The molecule has 0 fully saturated rings. The number of nitrogens with one attached hydrogen (secondary N) is 1. The van der Waals surface area contributed by atoms with Crippen molar-refractivity contribution in [2.24, 2.45) is 0 Å². The number of halogens is 1. The third-order valence-corrected chi connectivity index (χ3v) is 6.15. The zero-order valence-corrected chi connectivity index (χ0v) is 19.5. The second-order valence-electron chi connectivity index (χ2n) is 8.12. The van der Waals surface area contributed by atoms with E-state index in [2.05, 4.69) is 34.5 Å². The molecule has 0 saturated heterocycles. The Bertz CT molecular complexity index is 1360. The van der Waals surface area contributed by atoms with E-state index < -0.39 is 0 Å². The fourth-order valence-electron chi connectivity index (χ4n) is 4.20. The number of pyridine rings is 1. The van der Waals surface area contributed by atoms with E-state index in [9.17, 15) is 4.79 Å². The highest BCUT2D eigenvalue weighted by atomic mass is 35.5. The molecule has 0 saturated carbocycles. The van der Waals surface area contributed by atoms with Gasteiger partial charge in [0.25, 0.3) is 5.91 Å². The minimum Gasteiger partial charge on any atom is -0.495 e. The Morgan fingerprint density at radius 2 is 1.88 bits per heavy atom. The molecule has 0 spiro atoms. The van der Waals surface area contributed by atoms with Crippen molar-refractivity contribution in [2.45, 2.75) is 13.0 Å². The Labute approximate surface area is 203 Å². The SMILES string of the molecule is COc1ccc(Cl)cc1NC(=O)COc1cccc2ccc(N3CCc4ccccc4C3)nc12. The molecule has 0 atom stereocenters. The van der Waals surface area contributed by atoms with E-state index in [-0.39, 0.29) is 12.5 Å². The Morgan fingerprint density at radius 1 is 1.03 bits per heavy atom. The number of carbonyl (C=O) groups excluding carboxylic acids is 1.